The van der Waals surface area contributed by atoms with Gasteiger partial charge in [0, 0.05) is 23.0 Å². The SMILES string of the molecule is [2H]C([2H])([2H])NC(=O)c1cc(Cc2ccc(N)cc2)ccn1. The number of hydrogen-bond donors (Lipinski definition) is 2. The van der Waals surface area contributed by atoms with Gasteiger partial charge in [0.15, 0.2) is 0 Å². The van der Waals surface area contributed by atoms with Gasteiger partial charge in [-0.3, -0.25) is 9.78 Å². The third kappa shape index (κ3) is 2.85. The highest BCUT2D eigenvalue weighted by molar-refractivity contribution is 5.92. The normalized spacial score (nSPS) is 13.2. The first-order chi connectivity index (χ1) is 9.83. The maximum Gasteiger partial charge on any atom is 0.269 e. The molecule has 92 valence electrons. The van der Waals surface area contributed by atoms with Gasteiger partial charge in [-0.15, -0.1) is 0 Å². The molecule has 0 atom stereocenters. The molecule has 0 fully saturated rings. The molecule has 4 nitrogen and oxygen atoms in total. The van der Waals surface area contributed by atoms with Gasteiger partial charge in [-0.1, -0.05) is 12.1 Å². The monoisotopic (exact) mass is 244 g/mol. The molecule has 4 heteroatoms. The standard InChI is InChI=1S/C14H15N3O/c1-16-14(18)13-9-11(6-7-17-13)8-10-2-4-12(15)5-3-10/h2-7,9H,8,15H2,1H3,(H,16,18)/i1D3. The second kappa shape index (κ2) is 5.31. The smallest absolute Gasteiger partial charge is 0.269 e. The number of nitrogen functional groups attached to an aromatic ring is 1. The van der Waals surface area contributed by atoms with Crippen LogP contribution in [0.15, 0.2) is 42.6 Å². The van der Waals surface area contributed by atoms with Crippen LogP contribution in [0.5, 0.6) is 0 Å². The molecule has 1 heterocycles. The molecule has 18 heavy (non-hydrogen) atoms. The molecule has 0 radical (unpaired) electrons. The van der Waals surface area contributed by atoms with E-state index in [0.29, 0.717) is 12.1 Å². The van der Waals surface area contributed by atoms with Crippen molar-refractivity contribution in [1.82, 2.24) is 10.3 Å². The minimum atomic E-state index is -2.52. The third-order valence-corrected chi connectivity index (χ3v) is 2.56. The van der Waals surface area contributed by atoms with Gasteiger partial charge in [0.05, 0.1) is 0 Å². The first-order valence-electron chi connectivity index (χ1n) is 6.95. The molecule has 0 bridgehead atoms. The summed E-state index contributed by atoms with van der Waals surface area (Å²) in [5, 5.41) is 1.92. The fourth-order valence-electron chi connectivity index (χ4n) is 1.64. The van der Waals surface area contributed by atoms with E-state index in [9.17, 15) is 4.79 Å². The van der Waals surface area contributed by atoms with Gasteiger partial charge in [-0.05, 0) is 41.8 Å². The quantitative estimate of drug-likeness (QED) is 0.806. The molecule has 0 spiro atoms. The Kier molecular flexibility index (Phi) is 2.57. The zero-order valence-corrected chi connectivity index (χ0v) is 9.68. The van der Waals surface area contributed by atoms with Crippen molar-refractivity contribution in [2.24, 2.45) is 0 Å². The number of rotatable bonds is 3. The molecule has 0 unspecified atom stereocenters. The molecule has 0 aliphatic carbocycles. The molecule has 0 saturated heterocycles. The summed E-state index contributed by atoms with van der Waals surface area (Å²) in [5.41, 5.74) is 8.30. The largest absolute Gasteiger partial charge is 0.399 e. The average molecular weight is 244 g/mol. The minimum absolute atomic E-state index is 0.0825. The van der Waals surface area contributed by atoms with Gasteiger partial charge >= 0.3 is 0 Å². The predicted octanol–water partition coefficient (Wildman–Crippen LogP) is 1.61. The van der Waals surface area contributed by atoms with Crippen LogP contribution in [0.3, 0.4) is 0 Å². The number of amides is 1. The van der Waals surface area contributed by atoms with Crippen LogP contribution in [0.1, 0.15) is 25.7 Å². The average Bonchev–Trinajstić information content (AvgIpc) is 2.40. The van der Waals surface area contributed by atoms with Gasteiger partial charge in [-0.2, -0.15) is 0 Å². The van der Waals surface area contributed by atoms with E-state index in [1.807, 2.05) is 17.4 Å². The fraction of sp³-hybridized carbons (Fsp3) is 0.143. The Balaban J connectivity index is 2.14. The number of benzene rings is 1. The van der Waals surface area contributed by atoms with Crippen LogP contribution in [-0.4, -0.2) is 17.9 Å². The van der Waals surface area contributed by atoms with Crippen molar-refractivity contribution in [3.8, 4) is 0 Å². The molecular weight excluding hydrogens is 226 g/mol. The molecule has 2 rings (SSSR count). The summed E-state index contributed by atoms with van der Waals surface area (Å²) in [6, 6.07) is 10.8. The summed E-state index contributed by atoms with van der Waals surface area (Å²) in [6.07, 6.45) is 2.10. The minimum Gasteiger partial charge on any atom is -0.399 e. The first kappa shape index (κ1) is 8.69. The van der Waals surface area contributed by atoms with Crippen molar-refractivity contribution >= 4 is 11.6 Å². The van der Waals surface area contributed by atoms with Crippen LogP contribution < -0.4 is 11.1 Å². The summed E-state index contributed by atoms with van der Waals surface area (Å²) in [5.74, 6) is -0.714. The predicted molar refractivity (Wildman–Crippen MR) is 71.3 cm³/mol. The lowest BCUT2D eigenvalue weighted by Crippen LogP contribution is -2.19. The Labute approximate surface area is 110 Å². The topological polar surface area (TPSA) is 68.0 Å². The molecule has 1 amide bonds. The highest BCUT2D eigenvalue weighted by Crippen LogP contribution is 2.12. The van der Waals surface area contributed by atoms with Crippen molar-refractivity contribution in [3.05, 3.63) is 59.4 Å². The summed E-state index contributed by atoms with van der Waals surface area (Å²) < 4.78 is 21.1. The molecule has 3 N–H and O–H groups in total. The molecule has 0 aliphatic rings. The Morgan fingerprint density at radius 3 is 2.83 bits per heavy atom. The van der Waals surface area contributed by atoms with Gasteiger partial charge in [0.25, 0.3) is 5.91 Å². The van der Waals surface area contributed by atoms with Crippen molar-refractivity contribution < 1.29 is 8.91 Å². The summed E-state index contributed by atoms with van der Waals surface area (Å²) in [7, 11) is 0. The molecule has 1 aromatic heterocycles. The van der Waals surface area contributed by atoms with E-state index < -0.39 is 12.9 Å². The van der Waals surface area contributed by atoms with E-state index in [4.69, 9.17) is 9.85 Å². The Morgan fingerprint density at radius 1 is 1.33 bits per heavy atom. The third-order valence-electron chi connectivity index (χ3n) is 2.56. The number of pyridine rings is 1. The van der Waals surface area contributed by atoms with Crippen LogP contribution in [-0.2, 0) is 6.42 Å². The molecule has 1 aromatic carbocycles. The van der Waals surface area contributed by atoms with E-state index in [-0.39, 0.29) is 5.69 Å². The number of carbonyl (C=O) groups is 1. The number of anilines is 1. The van der Waals surface area contributed by atoms with Crippen molar-refractivity contribution in [2.75, 3.05) is 12.7 Å². The maximum absolute atomic E-state index is 11.8. The second-order valence-corrected chi connectivity index (χ2v) is 3.92. The highest BCUT2D eigenvalue weighted by Gasteiger charge is 2.05. The van der Waals surface area contributed by atoms with Crippen LogP contribution >= 0.6 is 0 Å². The van der Waals surface area contributed by atoms with Gasteiger partial charge in [0.2, 0.25) is 0 Å². The number of carbonyl (C=O) groups excluding carboxylic acids is 1. The van der Waals surface area contributed by atoms with Crippen LogP contribution in [0.25, 0.3) is 0 Å². The van der Waals surface area contributed by atoms with E-state index in [1.54, 1.807) is 24.3 Å². The van der Waals surface area contributed by atoms with Crippen molar-refractivity contribution in [3.63, 3.8) is 0 Å². The molecular formula is C14H15N3O. The highest BCUT2D eigenvalue weighted by atomic mass is 16.1. The first-order valence-corrected chi connectivity index (χ1v) is 5.45. The Hall–Kier alpha value is -2.36. The van der Waals surface area contributed by atoms with Gasteiger partial charge in [0.1, 0.15) is 5.69 Å². The number of nitrogens with zero attached hydrogens (tertiary/aromatic N) is 1. The zero-order chi connectivity index (χ0) is 15.5. The summed E-state index contributed by atoms with van der Waals surface area (Å²) >= 11 is 0. The van der Waals surface area contributed by atoms with Crippen molar-refractivity contribution in [1.29, 1.82) is 0 Å². The molecule has 0 aliphatic heterocycles. The number of nitrogens with one attached hydrogen (secondary N) is 1. The number of nitrogens with two attached hydrogens (primary N) is 1. The van der Waals surface area contributed by atoms with Crippen LogP contribution in [0.4, 0.5) is 5.69 Å². The van der Waals surface area contributed by atoms with Crippen LogP contribution in [0, 0.1) is 0 Å². The molecule has 2 aromatic rings. The van der Waals surface area contributed by atoms with E-state index in [2.05, 4.69) is 4.98 Å². The summed E-state index contributed by atoms with van der Waals surface area (Å²) in [4.78, 5) is 15.7. The zero-order valence-electron chi connectivity index (χ0n) is 12.7. The summed E-state index contributed by atoms with van der Waals surface area (Å²) in [6.45, 7) is -2.52. The fourth-order valence-corrected chi connectivity index (χ4v) is 1.64. The van der Waals surface area contributed by atoms with Crippen molar-refractivity contribution in [2.45, 2.75) is 6.42 Å². The van der Waals surface area contributed by atoms with E-state index in [1.165, 1.54) is 6.20 Å². The lowest BCUT2D eigenvalue weighted by Gasteiger charge is -2.04. The van der Waals surface area contributed by atoms with E-state index >= 15 is 0 Å². The number of aromatic nitrogens is 1. The lowest BCUT2D eigenvalue weighted by molar-refractivity contribution is 0.0958. The van der Waals surface area contributed by atoms with Crippen LogP contribution in [0.2, 0.25) is 0 Å². The van der Waals surface area contributed by atoms with Gasteiger partial charge < -0.3 is 11.1 Å². The Morgan fingerprint density at radius 2 is 2.11 bits per heavy atom. The number of hydrogen-bond acceptors (Lipinski definition) is 3. The second-order valence-electron chi connectivity index (χ2n) is 3.92. The molecule has 0 saturated carbocycles. The van der Waals surface area contributed by atoms with Gasteiger partial charge in [-0.25, -0.2) is 0 Å². The Bertz CT molecular complexity index is 639. The van der Waals surface area contributed by atoms with E-state index in [0.717, 1.165) is 11.1 Å². The maximum atomic E-state index is 11.8. The lowest BCUT2D eigenvalue weighted by atomic mass is 10.0.